The predicted molar refractivity (Wildman–Crippen MR) is 98.8 cm³/mol. The van der Waals surface area contributed by atoms with Gasteiger partial charge in [0.1, 0.15) is 22.5 Å². The minimum Gasteiger partial charge on any atom is -0.360 e. The minimum absolute atomic E-state index is 0.0201. The standard InChI is InChI=1S/C16H18BrN7O2/c1-9-7-11(22-26-9)20-16(25)10-3-5-24(6-4-10)15-12-13(17)21-23(2)14(12)18-8-19-15/h7-8,10H,3-6H2,1-2H3,(H,20,22,25). The van der Waals surface area contributed by atoms with Crippen LogP contribution in [-0.4, -0.2) is 43.9 Å². The number of piperidine rings is 1. The molecule has 0 atom stereocenters. The Balaban J connectivity index is 1.46. The van der Waals surface area contributed by atoms with Gasteiger partial charge in [-0.25, -0.2) is 14.6 Å². The molecule has 0 spiro atoms. The highest BCUT2D eigenvalue weighted by atomic mass is 79.9. The first-order valence-corrected chi connectivity index (χ1v) is 9.14. The molecule has 4 rings (SSSR count). The van der Waals surface area contributed by atoms with Gasteiger partial charge in [-0.15, -0.1) is 0 Å². The summed E-state index contributed by atoms with van der Waals surface area (Å²) in [6.45, 7) is 3.27. The number of nitrogens with zero attached hydrogens (tertiary/aromatic N) is 6. The summed E-state index contributed by atoms with van der Waals surface area (Å²) in [5.41, 5.74) is 0.781. The second kappa shape index (κ2) is 6.67. The largest absolute Gasteiger partial charge is 0.360 e. The van der Waals surface area contributed by atoms with Crippen LogP contribution in [0.3, 0.4) is 0 Å². The molecule has 3 aromatic rings. The van der Waals surface area contributed by atoms with Crippen molar-refractivity contribution in [1.82, 2.24) is 24.9 Å². The first kappa shape index (κ1) is 17.0. The highest BCUT2D eigenvalue weighted by Gasteiger charge is 2.28. The summed E-state index contributed by atoms with van der Waals surface area (Å²) < 4.78 is 7.44. The molecule has 0 saturated carbocycles. The molecule has 0 unspecified atom stereocenters. The zero-order valence-electron chi connectivity index (χ0n) is 14.4. The molecule has 3 aromatic heterocycles. The number of fused-ring (bicyclic) bond motifs is 1. The SMILES string of the molecule is Cc1cc(NC(=O)C2CCN(c3ncnc4c3c(Br)nn4C)CC2)no1. The summed E-state index contributed by atoms with van der Waals surface area (Å²) in [6.07, 6.45) is 3.04. The van der Waals surface area contributed by atoms with Gasteiger partial charge in [-0.3, -0.25) is 4.79 Å². The number of aryl methyl sites for hydroxylation is 2. The Morgan fingerprint density at radius 1 is 1.35 bits per heavy atom. The van der Waals surface area contributed by atoms with E-state index >= 15 is 0 Å². The van der Waals surface area contributed by atoms with Gasteiger partial charge in [0.2, 0.25) is 5.91 Å². The average molecular weight is 420 g/mol. The first-order valence-electron chi connectivity index (χ1n) is 8.35. The molecule has 1 saturated heterocycles. The summed E-state index contributed by atoms with van der Waals surface area (Å²) in [7, 11) is 1.85. The van der Waals surface area contributed by atoms with Crippen LogP contribution in [0.25, 0.3) is 11.0 Å². The van der Waals surface area contributed by atoms with Crippen molar-refractivity contribution in [3.8, 4) is 0 Å². The summed E-state index contributed by atoms with van der Waals surface area (Å²) in [5.74, 6) is 1.91. The van der Waals surface area contributed by atoms with E-state index in [1.807, 2.05) is 7.05 Å². The van der Waals surface area contributed by atoms with Crippen molar-refractivity contribution in [3.05, 3.63) is 22.8 Å². The number of halogens is 1. The molecule has 0 radical (unpaired) electrons. The summed E-state index contributed by atoms with van der Waals surface area (Å²) in [4.78, 5) is 23.4. The molecule has 136 valence electrons. The van der Waals surface area contributed by atoms with Crippen LogP contribution in [-0.2, 0) is 11.8 Å². The van der Waals surface area contributed by atoms with E-state index in [0.717, 1.165) is 47.4 Å². The van der Waals surface area contributed by atoms with Gasteiger partial charge in [0.05, 0.1) is 5.39 Å². The smallest absolute Gasteiger partial charge is 0.228 e. The molecule has 26 heavy (non-hydrogen) atoms. The maximum Gasteiger partial charge on any atom is 0.228 e. The zero-order chi connectivity index (χ0) is 18.3. The third-order valence-corrected chi connectivity index (χ3v) is 5.16. The van der Waals surface area contributed by atoms with E-state index in [0.29, 0.717) is 11.6 Å². The number of nitrogens with one attached hydrogen (secondary N) is 1. The molecular formula is C16H18BrN7O2. The van der Waals surface area contributed by atoms with Crippen LogP contribution >= 0.6 is 15.9 Å². The van der Waals surface area contributed by atoms with E-state index < -0.39 is 0 Å². The molecule has 1 aliphatic heterocycles. The number of hydrogen-bond donors (Lipinski definition) is 1. The fraction of sp³-hybridized carbons (Fsp3) is 0.438. The normalized spacial score (nSPS) is 15.6. The second-order valence-corrected chi connectivity index (χ2v) is 7.13. The molecule has 0 aliphatic carbocycles. The topological polar surface area (TPSA) is 102 Å². The maximum absolute atomic E-state index is 12.4. The molecule has 10 heteroatoms. The zero-order valence-corrected chi connectivity index (χ0v) is 16.0. The van der Waals surface area contributed by atoms with Gasteiger partial charge in [-0.1, -0.05) is 5.16 Å². The Labute approximate surface area is 157 Å². The lowest BCUT2D eigenvalue weighted by Crippen LogP contribution is -2.38. The van der Waals surface area contributed by atoms with Gasteiger partial charge in [0, 0.05) is 32.1 Å². The number of carbonyl (C=O) groups excluding carboxylic acids is 1. The molecule has 1 amide bonds. The van der Waals surface area contributed by atoms with Crippen LogP contribution in [0.15, 0.2) is 21.5 Å². The number of rotatable bonds is 3. The van der Waals surface area contributed by atoms with Gasteiger partial charge in [-0.2, -0.15) is 5.10 Å². The van der Waals surface area contributed by atoms with Crippen LogP contribution in [0.4, 0.5) is 11.6 Å². The summed E-state index contributed by atoms with van der Waals surface area (Å²) >= 11 is 3.49. The first-order chi connectivity index (χ1) is 12.5. The molecule has 1 fully saturated rings. The number of aromatic nitrogens is 5. The third-order valence-electron chi connectivity index (χ3n) is 4.60. The second-order valence-electron chi connectivity index (χ2n) is 6.38. The lowest BCUT2D eigenvalue weighted by molar-refractivity contribution is -0.120. The summed E-state index contributed by atoms with van der Waals surface area (Å²) in [6, 6.07) is 1.71. The van der Waals surface area contributed by atoms with Gasteiger partial charge in [0.15, 0.2) is 11.5 Å². The third kappa shape index (κ3) is 3.05. The number of hydrogen-bond acceptors (Lipinski definition) is 7. The monoisotopic (exact) mass is 419 g/mol. The van der Waals surface area contributed by atoms with Crippen molar-refractivity contribution in [1.29, 1.82) is 0 Å². The molecule has 4 heterocycles. The van der Waals surface area contributed by atoms with E-state index in [1.165, 1.54) is 0 Å². The minimum atomic E-state index is -0.0575. The van der Waals surface area contributed by atoms with Crippen molar-refractivity contribution < 1.29 is 9.32 Å². The number of anilines is 2. The van der Waals surface area contributed by atoms with Crippen molar-refractivity contribution >= 4 is 44.5 Å². The highest BCUT2D eigenvalue weighted by molar-refractivity contribution is 9.10. The van der Waals surface area contributed by atoms with E-state index in [4.69, 9.17) is 4.52 Å². The lowest BCUT2D eigenvalue weighted by atomic mass is 9.96. The van der Waals surface area contributed by atoms with E-state index in [-0.39, 0.29) is 11.8 Å². The maximum atomic E-state index is 12.4. The molecule has 0 aromatic carbocycles. The van der Waals surface area contributed by atoms with Crippen molar-refractivity contribution in [3.63, 3.8) is 0 Å². The van der Waals surface area contributed by atoms with Crippen molar-refractivity contribution in [2.45, 2.75) is 19.8 Å². The fourth-order valence-corrected chi connectivity index (χ4v) is 3.87. The van der Waals surface area contributed by atoms with Crippen LogP contribution in [0, 0.1) is 12.8 Å². The Bertz CT molecular complexity index is 959. The molecule has 1 aliphatic rings. The highest BCUT2D eigenvalue weighted by Crippen LogP contribution is 2.32. The Hall–Kier alpha value is -2.49. The molecule has 1 N–H and O–H groups in total. The fourth-order valence-electron chi connectivity index (χ4n) is 3.27. The predicted octanol–water partition coefficient (Wildman–Crippen LogP) is 2.28. The van der Waals surface area contributed by atoms with Gasteiger partial charge >= 0.3 is 0 Å². The van der Waals surface area contributed by atoms with Crippen LogP contribution < -0.4 is 10.2 Å². The van der Waals surface area contributed by atoms with E-state index in [9.17, 15) is 4.79 Å². The Morgan fingerprint density at radius 2 is 2.12 bits per heavy atom. The summed E-state index contributed by atoms with van der Waals surface area (Å²) in [5, 5.41) is 11.9. The lowest BCUT2D eigenvalue weighted by Gasteiger charge is -2.32. The Kier molecular flexibility index (Phi) is 4.35. The molecule has 0 bridgehead atoms. The van der Waals surface area contributed by atoms with Crippen LogP contribution in [0.1, 0.15) is 18.6 Å². The molecule has 9 nitrogen and oxygen atoms in total. The quantitative estimate of drug-likeness (QED) is 0.694. The van der Waals surface area contributed by atoms with Crippen LogP contribution in [0.2, 0.25) is 0 Å². The van der Waals surface area contributed by atoms with Crippen molar-refractivity contribution in [2.75, 3.05) is 23.3 Å². The van der Waals surface area contributed by atoms with Crippen LogP contribution in [0.5, 0.6) is 0 Å². The van der Waals surface area contributed by atoms with E-state index in [1.54, 1.807) is 24.0 Å². The van der Waals surface area contributed by atoms with Gasteiger partial charge in [0.25, 0.3) is 0 Å². The number of carbonyl (C=O) groups is 1. The van der Waals surface area contributed by atoms with Gasteiger partial charge in [-0.05, 0) is 35.7 Å². The number of amides is 1. The van der Waals surface area contributed by atoms with Crippen molar-refractivity contribution in [2.24, 2.45) is 13.0 Å². The van der Waals surface area contributed by atoms with E-state index in [2.05, 4.69) is 46.4 Å². The molecular weight excluding hydrogens is 402 g/mol. The Morgan fingerprint density at radius 3 is 2.81 bits per heavy atom. The van der Waals surface area contributed by atoms with Gasteiger partial charge < -0.3 is 14.7 Å². The average Bonchev–Trinajstić information content (AvgIpc) is 3.18.